The molecule has 0 aliphatic rings. The molecule has 0 heterocycles. The number of hydrogen-bond acceptors (Lipinski definition) is 1. The molecule has 0 atom stereocenters. The van der Waals surface area contributed by atoms with Gasteiger partial charge in [0.15, 0.2) is 5.78 Å². The van der Waals surface area contributed by atoms with Crippen LogP contribution < -0.4 is 0 Å². The first kappa shape index (κ1) is 15.2. The number of aryl methyl sites for hydroxylation is 1. The minimum atomic E-state index is -1.03. The topological polar surface area (TPSA) is 17.1 Å². The van der Waals surface area contributed by atoms with Crippen LogP contribution in [0.1, 0.15) is 42.1 Å². The van der Waals surface area contributed by atoms with Crippen LogP contribution in [-0.2, 0) is 6.42 Å². The molecule has 0 N–H and O–H groups in total. The molecule has 0 spiro atoms. The zero-order chi connectivity index (χ0) is 13.6. The predicted molar refractivity (Wildman–Crippen MR) is 82.2 cm³/mol. The maximum Gasteiger partial charge on any atom is 0.163 e. The summed E-state index contributed by atoms with van der Waals surface area (Å²) in [5.74, 6) is 0.322. The summed E-state index contributed by atoms with van der Waals surface area (Å²) in [4.78, 5) is 12.2. The van der Waals surface area contributed by atoms with Crippen LogP contribution in [0.2, 0.25) is 25.7 Å². The lowest BCUT2D eigenvalue weighted by Gasteiger charge is -2.16. The van der Waals surface area contributed by atoms with Gasteiger partial charge in [-0.2, -0.15) is 0 Å². The zero-order valence-electron chi connectivity index (χ0n) is 12.3. The molecular formula is C16H26OSi. The summed E-state index contributed by atoms with van der Waals surface area (Å²) in [5, 5.41) is 0. The lowest BCUT2D eigenvalue weighted by molar-refractivity contribution is 0.0979. The second kappa shape index (κ2) is 6.88. The molecule has 1 rings (SSSR count). The Kier molecular flexibility index (Phi) is 5.80. The molecule has 2 heteroatoms. The van der Waals surface area contributed by atoms with E-state index in [0.717, 1.165) is 24.8 Å². The molecular weight excluding hydrogens is 236 g/mol. The lowest BCUT2D eigenvalue weighted by Crippen LogP contribution is -2.20. The summed E-state index contributed by atoms with van der Waals surface area (Å²) in [6.45, 7) is 9.28. The molecule has 18 heavy (non-hydrogen) atoms. The first-order valence-corrected chi connectivity index (χ1v) is 10.8. The first-order chi connectivity index (χ1) is 8.44. The van der Waals surface area contributed by atoms with Crippen molar-refractivity contribution in [3.63, 3.8) is 0 Å². The summed E-state index contributed by atoms with van der Waals surface area (Å²) in [7, 11) is -1.03. The Bertz CT molecular complexity index is 390. The van der Waals surface area contributed by atoms with E-state index in [1.54, 1.807) is 0 Å². The molecule has 1 aromatic rings. The molecule has 0 aliphatic carbocycles. The van der Waals surface area contributed by atoms with Gasteiger partial charge < -0.3 is 0 Å². The van der Waals surface area contributed by atoms with Gasteiger partial charge >= 0.3 is 0 Å². The molecule has 1 aromatic carbocycles. The monoisotopic (exact) mass is 262 g/mol. The van der Waals surface area contributed by atoms with Gasteiger partial charge in [0.05, 0.1) is 0 Å². The van der Waals surface area contributed by atoms with Crippen LogP contribution >= 0.6 is 0 Å². The van der Waals surface area contributed by atoms with Gasteiger partial charge in [0.1, 0.15) is 0 Å². The fourth-order valence-corrected chi connectivity index (χ4v) is 3.01. The Morgan fingerprint density at radius 3 is 2.44 bits per heavy atom. The van der Waals surface area contributed by atoms with Gasteiger partial charge in [-0.25, -0.2) is 0 Å². The maximum atomic E-state index is 12.2. The summed E-state index contributed by atoms with van der Waals surface area (Å²) < 4.78 is 0. The number of carbonyl (C=O) groups is 1. The van der Waals surface area contributed by atoms with Crippen LogP contribution in [0.3, 0.4) is 0 Å². The second-order valence-corrected chi connectivity index (χ2v) is 11.9. The molecule has 0 aliphatic heterocycles. The summed E-state index contributed by atoms with van der Waals surface area (Å²) in [6.07, 6.45) is 3.84. The van der Waals surface area contributed by atoms with Crippen molar-refractivity contribution in [2.45, 2.75) is 58.3 Å². The largest absolute Gasteiger partial charge is 0.294 e. The van der Waals surface area contributed by atoms with Crippen molar-refractivity contribution in [1.29, 1.82) is 0 Å². The van der Waals surface area contributed by atoms with Crippen LogP contribution in [0, 0.1) is 0 Å². The third-order valence-corrected chi connectivity index (χ3v) is 4.97. The van der Waals surface area contributed by atoms with E-state index in [2.05, 4.69) is 38.7 Å². The third-order valence-electron chi connectivity index (χ3n) is 3.22. The highest BCUT2D eigenvalue weighted by Crippen LogP contribution is 2.18. The standard InChI is InChI=1S/C16H26OSi/c1-5-6-11-16(17)15-10-8-7-9-14(15)12-13-18(2,3)4/h7-10H,5-6,11-13H2,1-4H3. The smallest absolute Gasteiger partial charge is 0.163 e. The first-order valence-electron chi connectivity index (χ1n) is 7.05. The van der Waals surface area contributed by atoms with Gasteiger partial charge in [0, 0.05) is 20.1 Å². The van der Waals surface area contributed by atoms with Crippen molar-refractivity contribution in [2.24, 2.45) is 0 Å². The molecule has 0 saturated carbocycles. The number of unbranched alkanes of at least 4 members (excludes halogenated alkanes) is 1. The van der Waals surface area contributed by atoms with Gasteiger partial charge in [0.2, 0.25) is 0 Å². The van der Waals surface area contributed by atoms with Gasteiger partial charge in [-0.05, 0) is 18.4 Å². The molecule has 1 nitrogen and oxygen atoms in total. The van der Waals surface area contributed by atoms with Crippen molar-refractivity contribution < 1.29 is 4.79 Å². The fourth-order valence-electron chi connectivity index (χ4n) is 1.99. The lowest BCUT2D eigenvalue weighted by atomic mass is 9.98. The quantitative estimate of drug-likeness (QED) is 0.502. The Balaban J connectivity index is 2.76. The Morgan fingerprint density at radius 2 is 1.83 bits per heavy atom. The number of rotatable bonds is 7. The van der Waals surface area contributed by atoms with Crippen molar-refractivity contribution in [3.8, 4) is 0 Å². The normalized spacial score (nSPS) is 11.6. The minimum Gasteiger partial charge on any atom is -0.294 e. The van der Waals surface area contributed by atoms with Crippen LogP contribution in [0.5, 0.6) is 0 Å². The Labute approximate surface area is 113 Å². The summed E-state index contributed by atoms with van der Waals surface area (Å²) in [6, 6.07) is 9.41. The number of ketones is 1. The number of carbonyl (C=O) groups excluding carboxylic acids is 1. The zero-order valence-corrected chi connectivity index (χ0v) is 13.3. The van der Waals surface area contributed by atoms with Crippen molar-refractivity contribution in [3.05, 3.63) is 35.4 Å². The highest BCUT2D eigenvalue weighted by atomic mass is 28.3. The molecule has 100 valence electrons. The van der Waals surface area contributed by atoms with E-state index in [0.29, 0.717) is 12.2 Å². The van der Waals surface area contributed by atoms with Crippen LogP contribution in [0.25, 0.3) is 0 Å². The average molecular weight is 262 g/mol. The highest BCUT2D eigenvalue weighted by Gasteiger charge is 2.15. The summed E-state index contributed by atoms with van der Waals surface area (Å²) in [5.41, 5.74) is 2.21. The van der Waals surface area contributed by atoms with E-state index in [-0.39, 0.29) is 0 Å². The molecule has 0 unspecified atom stereocenters. The molecule has 0 aromatic heterocycles. The molecule has 0 bridgehead atoms. The van der Waals surface area contributed by atoms with Crippen molar-refractivity contribution in [1.82, 2.24) is 0 Å². The van der Waals surface area contributed by atoms with E-state index in [1.807, 2.05) is 12.1 Å². The SMILES string of the molecule is CCCCC(=O)c1ccccc1CC[Si](C)(C)C. The minimum absolute atomic E-state index is 0.322. The highest BCUT2D eigenvalue weighted by molar-refractivity contribution is 6.76. The van der Waals surface area contributed by atoms with Crippen molar-refractivity contribution >= 4 is 13.9 Å². The van der Waals surface area contributed by atoms with Gasteiger partial charge in [-0.3, -0.25) is 4.79 Å². The summed E-state index contributed by atoms with van der Waals surface area (Å²) >= 11 is 0. The number of Topliss-reactive ketones (excluding diaryl/α,β-unsaturated/α-hetero) is 1. The Morgan fingerprint density at radius 1 is 1.17 bits per heavy atom. The van der Waals surface area contributed by atoms with Crippen LogP contribution in [0.15, 0.2) is 24.3 Å². The van der Waals surface area contributed by atoms with Crippen LogP contribution in [0.4, 0.5) is 0 Å². The average Bonchev–Trinajstić information content (AvgIpc) is 2.33. The van der Waals surface area contributed by atoms with Gasteiger partial charge in [0.25, 0.3) is 0 Å². The third kappa shape index (κ3) is 5.17. The number of hydrogen-bond donors (Lipinski definition) is 0. The van der Waals surface area contributed by atoms with E-state index in [4.69, 9.17) is 0 Å². The maximum absolute atomic E-state index is 12.2. The fraction of sp³-hybridized carbons (Fsp3) is 0.562. The molecule has 0 radical (unpaired) electrons. The van der Waals surface area contributed by atoms with E-state index in [9.17, 15) is 4.79 Å². The number of benzene rings is 1. The molecule has 0 saturated heterocycles. The predicted octanol–water partition coefficient (Wildman–Crippen LogP) is 4.94. The van der Waals surface area contributed by atoms with Gasteiger partial charge in [-0.1, -0.05) is 63.3 Å². The van der Waals surface area contributed by atoms with E-state index in [1.165, 1.54) is 11.6 Å². The van der Waals surface area contributed by atoms with Crippen molar-refractivity contribution in [2.75, 3.05) is 0 Å². The van der Waals surface area contributed by atoms with E-state index >= 15 is 0 Å². The second-order valence-electron chi connectivity index (χ2n) is 6.24. The Hall–Kier alpha value is -0.893. The molecule has 0 amide bonds. The van der Waals surface area contributed by atoms with Gasteiger partial charge in [-0.15, -0.1) is 0 Å². The van der Waals surface area contributed by atoms with E-state index < -0.39 is 8.07 Å². The molecule has 0 fully saturated rings. The van der Waals surface area contributed by atoms with Crippen LogP contribution in [-0.4, -0.2) is 13.9 Å².